The molecule has 1 unspecified atom stereocenters. The highest BCUT2D eigenvalue weighted by Crippen LogP contribution is 2.19. The van der Waals surface area contributed by atoms with Crippen molar-refractivity contribution in [2.24, 2.45) is 5.73 Å². The number of carboxylic acids is 1. The molecule has 6 heteroatoms. The first-order valence-corrected chi connectivity index (χ1v) is 7.40. The maximum atomic E-state index is 11.4. The molecule has 1 heterocycles. The Bertz CT molecular complexity index is 283. The summed E-state index contributed by atoms with van der Waals surface area (Å²) < 4.78 is 0. The second kappa shape index (κ2) is 7.87. The van der Waals surface area contributed by atoms with Crippen LogP contribution in [0.1, 0.15) is 38.5 Å². The van der Waals surface area contributed by atoms with Crippen LogP contribution in [0.2, 0.25) is 6.32 Å². The van der Waals surface area contributed by atoms with Crippen LogP contribution in [0.3, 0.4) is 0 Å². The first kappa shape index (κ1) is 16.5. The molecule has 0 radical (unpaired) electrons. The lowest BCUT2D eigenvalue weighted by molar-refractivity contribution is -0.144. The predicted molar refractivity (Wildman–Crippen MR) is 78.1 cm³/mol. The van der Waals surface area contributed by atoms with E-state index in [-0.39, 0.29) is 6.10 Å². The van der Waals surface area contributed by atoms with E-state index in [9.17, 15) is 15.0 Å². The molecule has 1 rings (SSSR count). The fraction of sp³-hybridized carbons (Fsp3) is 0.923. The number of hydrogen-bond acceptors (Lipinski definition) is 4. The zero-order chi connectivity index (χ0) is 14.3. The summed E-state index contributed by atoms with van der Waals surface area (Å²) >= 11 is 0. The van der Waals surface area contributed by atoms with Crippen molar-refractivity contribution in [2.45, 2.75) is 56.5 Å². The van der Waals surface area contributed by atoms with Crippen LogP contribution in [0.25, 0.3) is 0 Å². The standard InChI is InChI=1S/C13H27BN2O3/c14-7-2-1-5-13(15,12(18)19)6-10-16-8-3-11(17)4-9-16/h11,17H,1-10,14-15H2,(H,18,19). The lowest BCUT2D eigenvalue weighted by Gasteiger charge is -2.32. The number of likely N-dealkylation sites (tertiary alicyclic amines) is 1. The molecule has 0 aromatic carbocycles. The van der Waals surface area contributed by atoms with Crippen molar-refractivity contribution in [3.05, 3.63) is 0 Å². The van der Waals surface area contributed by atoms with Gasteiger partial charge >= 0.3 is 5.97 Å². The summed E-state index contributed by atoms with van der Waals surface area (Å²) in [7, 11) is 2.10. The first-order chi connectivity index (χ1) is 8.98. The van der Waals surface area contributed by atoms with Crippen molar-refractivity contribution in [3.8, 4) is 0 Å². The number of hydrogen-bond donors (Lipinski definition) is 3. The average molecular weight is 270 g/mol. The highest BCUT2D eigenvalue weighted by atomic mass is 16.4. The summed E-state index contributed by atoms with van der Waals surface area (Å²) in [4.78, 5) is 13.6. The number of carbonyl (C=O) groups is 1. The number of unbranched alkanes of at least 4 members (excludes halogenated alkanes) is 1. The van der Waals surface area contributed by atoms with Gasteiger partial charge in [0.15, 0.2) is 0 Å². The molecule has 19 heavy (non-hydrogen) atoms. The molecular weight excluding hydrogens is 243 g/mol. The minimum Gasteiger partial charge on any atom is -0.480 e. The number of rotatable bonds is 8. The number of nitrogens with two attached hydrogens (primary N) is 1. The van der Waals surface area contributed by atoms with Gasteiger partial charge in [-0.15, -0.1) is 0 Å². The molecule has 0 amide bonds. The third-order valence-corrected chi connectivity index (χ3v) is 4.08. The van der Waals surface area contributed by atoms with Crippen LogP contribution >= 0.6 is 0 Å². The van der Waals surface area contributed by atoms with E-state index in [1.54, 1.807) is 0 Å². The number of piperidine rings is 1. The number of aliphatic hydroxyl groups excluding tert-OH is 1. The van der Waals surface area contributed by atoms with Crippen molar-refractivity contribution in [1.29, 1.82) is 0 Å². The Balaban J connectivity index is 2.38. The van der Waals surface area contributed by atoms with Crippen LogP contribution in [0, 0.1) is 0 Å². The highest BCUT2D eigenvalue weighted by molar-refractivity contribution is 6.08. The van der Waals surface area contributed by atoms with E-state index in [0.29, 0.717) is 19.4 Å². The minimum absolute atomic E-state index is 0.192. The Hall–Kier alpha value is -0.585. The average Bonchev–Trinajstić information content (AvgIpc) is 2.38. The van der Waals surface area contributed by atoms with Crippen molar-refractivity contribution >= 4 is 13.8 Å². The molecule has 1 fully saturated rings. The monoisotopic (exact) mass is 270 g/mol. The molecule has 5 nitrogen and oxygen atoms in total. The Kier molecular flexibility index (Phi) is 6.82. The fourth-order valence-corrected chi connectivity index (χ4v) is 2.53. The predicted octanol–water partition coefficient (Wildman–Crippen LogP) is -0.163. The molecule has 0 spiro atoms. The van der Waals surface area contributed by atoms with Crippen LogP contribution in [0.4, 0.5) is 0 Å². The molecule has 110 valence electrons. The lowest BCUT2D eigenvalue weighted by atomic mass is 9.87. The second-order valence-corrected chi connectivity index (χ2v) is 5.74. The summed E-state index contributed by atoms with van der Waals surface area (Å²) in [5.74, 6) is -0.888. The molecule has 1 aliphatic rings. The molecule has 0 bridgehead atoms. The maximum absolute atomic E-state index is 11.4. The van der Waals surface area contributed by atoms with E-state index in [0.717, 1.165) is 45.1 Å². The Morgan fingerprint density at radius 1 is 1.32 bits per heavy atom. The zero-order valence-electron chi connectivity index (χ0n) is 12.0. The van der Waals surface area contributed by atoms with E-state index in [1.165, 1.54) is 0 Å². The van der Waals surface area contributed by atoms with Crippen LogP contribution in [0.5, 0.6) is 0 Å². The van der Waals surface area contributed by atoms with Crippen molar-refractivity contribution < 1.29 is 15.0 Å². The van der Waals surface area contributed by atoms with E-state index < -0.39 is 11.5 Å². The Morgan fingerprint density at radius 3 is 2.47 bits per heavy atom. The molecule has 0 aromatic heterocycles. The fourth-order valence-electron chi connectivity index (χ4n) is 2.53. The summed E-state index contributed by atoms with van der Waals surface area (Å²) in [5.41, 5.74) is 4.96. The SMILES string of the molecule is BCCCCC(N)(CCN1CCC(O)CC1)C(=O)O. The van der Waals surface area contributed by atoms with Crippen molar-refractivity contribution in [2.75, 3.05) is 19.6 Å². The van der Waals surface area contributed by atoms with Gasteiger partial charge in [-0.3, -0.25) is 4.79 Å². The van der Waals surface area contributed by atoms with Crippen molar-refractivity contribution in [3.63, 3.8) is 0 Å². The summed E-state index contributed by atoms with van der Waals surface area (Å²) in [6.45, 7) is 2.39. The van der Waals surface area contributed by atoms with Gasteiger partial charge < -0.3 is 20.8 Å². The van der Waals surface area contributed by atoms with E-state index >= 15 is 0 Å². The van der Waals surface area contributed by atoms with Crippen molar-refractivity contribution in [1.82, 2.24) is 4.90 Å². The van der Waals surface area contributed by atoms with Gasteiger partial charge in [-0.25, -0.2) is 0 Å². The van der Waals surface area contributed by atoms with Gasteiger partial charge in [0.25, 0.3) is 0 Å². The van der Waals surface area contributed by atoms with Crippen LogP contribution < -0.4 is 5.73 Å². The summed E-state index contributed by atoms with van der Waals surface area (Å²) in [6, 6.07) is 0. The van der Waals surface area contributed by atoms with E-state index in [1.807, 2.05) is 0 Å². The number of nitrogens with zero attached hydrogens (tertiary/aromatic N) is 1. The van der Waals surface area contributed by atoms with E-state index in [4.69, 9.17) is 5.73 Å². The van der Waals surface area contributed by atoms with Gasteiger partial charge in [0.1, 0.15) is 13.4 Å². The summed E-state index contributed by atoms with van der Waals surface area (Å²) in [6.07, 6.45) is 5.37. The van der Waals surface area contributed by atoms with Gasteiger partial charge in [0.05, 0.1) is 6.10 Å². The minimum atomic E-state index is -1.09. The third kappa shape index (κ3) is 5.51. The molecule has 1 atom stereocenters. The van der Waals surface area contributed by atoms with Gasteiger partial charge in [0, 0.05) is 19.6 Å². The molecular formula is C13H27BN2O3. The summed E-state index contributed by atoms with van der Waals surface area (Å²) in [5, 5.41) is 18.8. The van der Waals surface area contributed by atoms with Crippen LogP contribution in [-0.2, 0) is 4.79 Å². The zero-order valence-corrected chi connectivity index (χ0v) is 12.0. The maximum Gasteiger partial charge on any atom is 0.323 e. The van der Waals surface area contributed by atoms with Gasteiger partial charge in [-0.2, -0.15) is 0 Å². The molecule has 0 aliphatic carbocycles. The van der Waals surface area contributed by atoms with Gasteiger partial charge in [-0.1, -0.05) is 19.2 Å². The first-order valence-electron chi connectivity index (χ1n) is 7.40. The highest BCUT2D eigenvalue weighted by Gasteiger charge is 2.33. The molecule has 1 aliphatic heterocycles. The van der Waals surface area contributed by atoms with Gasteiger partial charge in [0.2, 0.25) is 0 Å². The number of aliphatic carboxylic acids is 1. The molecule has 1 saturated heterocycles. The van der Waals surface area contributed by atoms with Crippen LogP contribution in [0.15, 0.2) is 0 Å². The quantitative estimate of drug-likeness (QED) is 0.421. The molecule has 4 N–H and O–H groups in total. The third-order valence-electron chi connectivity index (χ3n) is 4.08. The van der Waals surface area contributed by atoms with Crippen LogP contribution in [-0.4, -0.2) is 60.2 Å². The largest absolute Gasteiger partial charge is 0.480 e. The Labute approximate surface area is 116 Å². The smallest absolute Gasteiger partial charge is 0.323 e. The lowest BCUT2D eigenvalue weighted by Crippen LogP contribution is -2.50. The number of aliphatic hydroxyl groups is 1. The molecule has 0 aromatic rings. The van der Waals surface area contributed by atoms with Gasteiger partial charge in [-0.05, 0) is 25.7 Å². The Morgan fingerprint density at radius 2 is 1.95 bits per heavy atom. The topological polar surface area (TPSA) is 86.8 Å². The van der Waals surface area contributed by atoms with E-state index in [2.05, 4.69) is 12.7 Å². The normalized spacial score (nSPS) is 21.2. The number of carboxylic acid groups (broad SMARTS) is 1. The second-order valence-electron chi connectivity index (χ2n) is 5.74. The molecule has 0 saturated carbocycles.